The van der Waals surface area contributed by atoms with Crippen LogP contribution in [0.25, 0.3) is 0 Å². The highest BCUT2D eigenvalue weighted by atomic mass is 32.2. The van der Waals surface area contributed by atoms with E-state index >= 15 is 0 Å². The Hall–Kier alpha value is -2.71. The van der Waals surface area contributed by atoms with Crippen LogP contribution in [0.4, 0.5) is 5.69 Å². The van der Waals surface area contributed by atoms with E-state index < -0.39 is 0 Å². The van der Waals surface area contributed by atoms with Crippen molar-refractivity contribution in [2.45, 2.75) is 48.9 Å². The Kier molecular flexibility index (Phi) is 6.12. The van der Waals surface area contributed by atoms with Gasteiger partial charge in [0.1, 0.15) is 6.54 Å². The number of carbonyl (C=O) groups is 1. The average Bonchev–Trinajstić information content (AvgIpc) is 3.56. The third kappa shape index (κ3) is 3.95. The number of anilines is 1. The van der Waals surface area contributed by atoms with Crippen LogP contribution in [-0.4, -0.2) is 29.9 Å². The Balaban J connectivity index is 1.38. The van der Waals surface area contributed by atoms with Crippen molar-refractivity contribution >= 4 is 34.7 Å². The van der Waals surface area contributed by atoms with E-state index in [-0.39, 0.29) is 23.2 Å². The summed E-state index contributed by atoms with van der Waals surface area (Å²) < 4.78 is 12.8. The molecule has 1 aliphatic heterocycles. The van der Waals surface area contributed by atoms with Crippen LogP contribution in [0.5, 0.6) is 11.5 Å². The van der Waals surface area contributed by atoms with E-state index in [0.717, 1.165) is 26.7 Å². The number of benzene rings is 2. The number of nitrogens with one attached hydrogen (secondary N) is 1. The molecule has 0 spiro atoms. The molecule has 1 aromatic heterocycles. The summed E-state index contributed by atoms with van der Waals surface area (Å²) in [4.78, 5) is 27.3. The average molecular weight is 523 g/mol. The van der Waals surface area contributed by atoms with Crippen LogP contribution in [0.3, 0.4) is 0 Å². The standard InChI is InChI=1S/C28H30N2O4S2/c1-15-5-4-6-19(11-15)29-22(31)14-30-27-26(36-28(30)32)24(17-9-10-20(33-2)21(13-17)34-3)23-16-7-8-18(12-16)25(23)35-27/h4-6,9-11,13,16,18,23-25H,7-8,12,14H2,1-3H3,(H,29,31). The van der Waals surface area contributed by atoms with Crippen molar-refractivity contribution in [2.75, 3.05) is 19.5 Å². The molecule has 2 fully saturated rings. The lowest BCUT2D eigenvalue weighted by Crippen LogP contribution is -2.34. The highest BCUT2D eigenvalue weighted by molar-refractivity contribution is 8.00. The smallest absolute Gasteiger partial charge is 0.308 e. The molecule has 3 aliphatic rings. The van der Waals surface area contributed by atoms with Gasteiger partial charge >= 0.3 is 4.87 Å². The van der Waals surface area contributed by atoms with Gasteiger partial charge in [0.25, 0.3) is 0 Å². The van der Waals surface area contributed by atoms with E-state index in [2.05, 4.69) is 17.4 Å². The molecule has 2 heterocycles. The van der Waals surface area contributed by atoms with Crippen LogP contribution in [0, 0.1) is 24.7 Å². The Bertz CT molecular complexity index is 1380. The first-order valence-corrected chi connectivity index (χ1v) is 14.1. The Morgan fingerprint density at radius 2 is 1.89 bits per heavy atom. The monoisotopic (exact) mass is 522 g/mol. The zero-order valence-electron chi connectivity index (χ0n) is 20.7. The Morgan fingerprint density at radius 3 is 2.67 bits per heavy atom. The Labute approximate surface area is 219 Å². The summed E-state index contributed by atoms with van der Waals surface area (Å²) in [5.74, 6) is 3.20. The number of ether oxygens (including phenoxy) is 2. The summed E-state index contributed by atoms with van der Waals surface area (Å²) in [5.41, 5.74) is 2.99. The van der Waals surface area contributed by atoms with Gasteiger partial charge in [-0.3, -0.25) is 14.2 Å². The number of carbonyl (C=O) groups excluding carboxylic acids is 1. The van der Waals surface area contributed by atoms with Crippen molar-refractivity contribution in [3.8, 4) is 11.5 Å². The number of rotatable bonds is 6. The second kappa shape index (κ2) is 9.30. The van der Waals surface area contributed by atoms with Crippen molar-refractivity contribution in [3.63, 3.8) is 0 Å². The minimum Gasteiger partial charge on any atom is -0.493 e. The number of amides is 1. The predicted octanol–water partition coefficient (Wildman–Crippen LogP) is 5.53. The number of thioether (sulfide) groups is 1. The lowest BCUT2D eigenvalue weighted by molar-refractivity contribution is -0.116. The third-order valence-corrected chi connectivity index (χ3v) is 10.9. The highest BCUT2D eigenvalue weighted by Crippen LogP contribution is 2.64. The van der Waals surface area contributed by atoms with E-state index in [0.29, 0.717) is 34.5 Å². The maximum atomic E-state index is 13.3. The Morgan fingerprint density at radius 1 is 1.08 bits per heavy atom. The van der Waals surface area contributed by atoms with Gasteiger partial charge in [-0.05, 0) is 79.3 Å². The lowest BCUT2D eigenvalue weighted by atomic mass is 9.75. The summed E-state index contributed by atoms with van der Waals surface area (Å²) >= 11 is 3.15. The van der Waals surface area contributed by atoms with Gasteiger partial charge in [0.05, 0.1) is 19.2 Å². The first-order valence-electron chi connectivity index (χ1n) is 12.5. The molecule has 2 aliphatic carbocycles. The number of aryl methyl sites for hydroxylation is 1. The maximum Gasteiger partial charge on any atom is 0.308 e. The summed E-state index contributed by atoms with van der Waals surface area (Å²) in [6.45, 7) is 2.02. The minimum atomic E-state index is -0.179. The van der Waals surface area contributed by atoms with Crippen molar-refractivity contribution < 1.29 is 14.3 Å². The van der Waals surface area contributed by atoms with Gasteiger partial charge < -0.3 is 14.8 Å². The minimum absolute atomic E-state index is 0.0236. The van der Waals surface area contributed by atoms with Crippen molar-refractivity contribution in [1.29, 1.82) is 0 Å². The molecule has 188 valence electrons. The second-order valence-electron chi connectivity index (χ2n) is 10.1. The van der Waals surface area contributed by atoms with Crippen LogP contribution >= 0.6 is 23.1 Å². The quantitative estimate of drug-likeness (QED) is 0.461. The predicted molar refractivity (Wildman–Crippen MR) is 144 cm³/mol. The molecule has 5 atom stereocenters. The third-order valence-electron chi connectivity index (χ3n) is 8.06. The fourth-order valence-electron chi connectivity index (χ4n) is 6.57. The van der Waals surface area contributed by atoms with Gasteiger partial charge in [-0.25, -0.2) is 0 Å². The molecule has 1 amide bonds. The highest BCUT2D eigenvalue weighted by Gasteiger charge is 2.55. The molecule has 2 saturated carbocycles. The molecule has 5 unspecified atom stereocenters. The molecular formula is C28H30N2O4S2. The van der Waals surface area contributed by atoms with Gasteiger partial charge in [-0.15, -0.1) is 11.8 Å². The number of thiazole rings is 1. The molecule has 36 heavy (non-hydrogen) atoms. The molecule has 2 aromatic carbocycles. The number of fused-ring (bicyclic) bond motifs is 6. The van der Waals surface area contributed by atoms with Crippen LogP contribution in [0.15, 0.2) is 52.3 Å². The van der Waals surface area contributed by atoms with E-state index in [1.54, 1.807) is 18.8 Å². The molecule has 2 bridgehead atoms. The zero-order valence-corrected chi connectivity index (χ0v) is 22.3. The molecule has 0 radical (unpaired) electrons. The van der Waals surface area contributed by atoms with Crippen LogP contribution in [0.2, 0.25) is 0 Å². The largest absolute Gasteiger partial charge is 0.493 e. The molecule has 6 rings (SSSR count). The molecule has 1 N–H and O–H groups in total. The van der Waals surface area contributed by atoms with E-state index in [1.807, 2.05) is 49.0 Å². The fraction of sp³-hybridized carbons (Fsp3) is 0.429. The summed E-state index contributed by atoms with van der Waals surface area (Å²) in [6.07, 6.45) is 3.79. The molecule has 6 nitrogen and oxygen atoms in total. The number of aromatic nitrogens is 1. The summed E-state index contributed by atoms with van der Waals surface area (Å²) in [6, 6.07) is 13.9. The fourth-order valence-corrected chi connectivity index (χ4v) is 9.72. The second-order valence-corrected chi connectivity index (χ2v) is 12.3. The molecular weight excluding hydrogens is 492 g/mol. The lowest BCUT2D eigenvalue weighted by Gasteiger charge is -2.40. The van der Waals surface area contributed by atoms with Crippen molar-refractivity contribution in [3.05, 3.63) is 68.1 Å². The van der Waals surface area contributed by atoms with Gasteiger partial charge in [0, 0.05) is 21.7 Å². The van der Waals surface area contributed by atoms with E-state index in [1.165, 1.54) is 30.6 Å². The number of methoxy groups -OCH3 is 2. The first-order chi connectivity index (χ1) is 17.5. The SMILES string of the molecule is COc1ccc(C2c3sc(=O)n(CC(=O)Nc4cccc(C)c4)c3SC3C4CCC(C4)C23)cc1OC. The van der Waals surface area contributed by atoms with Crippen molar-refractivity contribution in [1.82, 2.24) is 4.57 Å². The van der Waals surface area contributed by atoms with Crippen LogP contribution in [0.1, 0.15) is 41.2 Å². The van der Waals surface area contributed by atoms with Gasteiger partial charge in [-0.2, -0.15) is 0 Å². The number of nitrogens with zero attached hydrogens (tertiary/aromatic N) is 1. The van der Waals surface area contributed by atoms with Gasteiger partial charge in [0.2, 0.25) is 5.91 Å². The summed E-state index contributed by atoms with van der Waals surface area (Å²) in [5, 5.41) is 4.40. The van der Waals surface area contributed by atoms with E-state index in [9.17, 15) is 9.59 Å². The van der Waals surface area contributed by atoms with Gasteiger partial charge in [-0.1, -0.05) is 29.5 Å². The molecule has 3 aromatic rings. The van der Waals surface area contributed by atoms with Crippen molar-refractivity contribution in [2.24, 2.45) is 17.8 Å². The topological polar surface area (TPSA) is 69.6 Å². The normalized spacial score (nSPS) is 25.8. The van der Waals surface area contributed by atoms with Gasteiger partial charge in [0.15, 0.2) is 11.5 Å². The molecule has 0 saturated heterocycles. The van der Waals surface area contributed by atoms with Crippen LogP contribution < -0.4 is 19.7 Å². The maximum absolute atomic E-state index is 13.3. The van der Waals surface area contributed by atoms with Crippen LogP contribution in [-0.2, 0) is 11.3 Å². The number of hydrogen-bond acceptors (Lipinski definition) is 6. The number of hydrogen-bond donors (Lipinski definition) is 1. The van der Waals surface area contributed by atoms with E-state index in [4.69, 9.17) is 9.47 Å². The summed E-state index contributed by atoms with van der Waals surface area (Å²) in [7, 11) is 3.30. The zero-order chi connectivity index (χ0) is 25.0. The molecule has 8 heteroatoms. The first kappa shape index (κ1) is 23.7.